The molecule has 0 spiro atoms. The molecule has 1 fully saturated rings. The van der Waals surface area contributed by atoms with Gasteiger partial charge in [-0.1, -0.05) is 60.7 Å². The number of carbonyl (C=O) groups is 2. The van der Waals surface area contributed by atoms with E-state index in [0.717, 1.165) is 17.5 Å². The second-order valence-electron chi connectivity index (χ2n) is 7.30. The van der Waals surface area contributed by atoms with Crippen molar-refractivity contribution in [2.24, 2.45) is 5.41 Å². The molecule has 3 N–H and O–H groups in total. The third kappa shape index (κ3) is 4.51. The van der Waals surface area contributed by atoms with E-state index in [9.17, 15) is 19.8 Å². The summed E-state index contributed by atoms with van der Waals surface area (Å²) in [6.45, 7) is 0.799. The fourth-order valence-corrected chi connectivity index (χ4v) is 3.72. The fourth-order valence-electron chi connectivity index (χ4n) is 3.72. The number of β-amino-alcohol motifs (C(OH)–C–C–N with tert-alkyl or cyclic N) is 1. The van der Waals surface area contributed by atoms with Crippen LogP contribution in [0, 0.1) is 5.41 Å². The Balaban J connectivity index is 1.58. The molecule has 1 aliphatic rings. The van der Waals surface area contributed by atoms with Crippen molar-refractivity contribution in [1.82, 2.24) is 10.2 Å². The monoisotopic (exact) mass is 382 g/mol. The number of aliphatic hydroxyl groups excluding tert-OH is 1. The van der Waals surface area contributed by atoms with E-state index in [2.05, 4.69) is 5.32 Å². The number of likely N-dealkylation sites (tertiary alicyclic amines) is 1. The molecule has 6 nitrogen and oxygen atoms in total. The van der Waals surface area contributed by atoms with Crippen molar-refractivity contribution >= 4 is 12.0 Å². The number of nitrogens with one attached hydrogen (secondary N) is 1. The minimum absolute atomic E-state index is 0.0102. The molecule has 1 aliphatic heterocycles. The minimum atomic E-state index is -1.28. The minimum Gasteiger partial charge on any atom is -0.481 e. The summed E-state index contributed by atoms with van der Waals surface area (Å²) >= 11 is 0. The molecule has 6 heteroatoms. The Kier molecular flexibility index (Phi) is 6.31. The van der Waals surface area contributed by atoms with Crippen LogP contribution in [-0.4, -0.2) is 52.9 Å². The molecular formula is C22H26N2O4. The van der Waals surface area contributed by atoms with Crippen LogP contribution in [0.2, 0.25) is 0 Å². The molecule has 3 rings (SSSR count). The van der Waals surface area contributed by atoms with Gasteiger partial charge in [0.05, 0.1) is 6.10 Å². The highest BCUT2D eigenvalue weighted by molar-refractivity contribution is 5.78. The molecule has 2 amide bonds. The number of hydrogen-bond acceptors (Lipinski definition) is 3. The Morgan fingerprint density at radius 3 is 2.21 bits per heavy atom. The van der Waals surface area contributed by atoms with Crippen LogP contribution in [0.5, 0.6) is 0 Å². The fraction of sp³-hybridized carbons (Fsp3) is 0.364. The van der Waals surface area contributed by atoms with Crippen molar-refractivity contribution in [3.63, 3.8) is 0 Å². The van der Waals surface area contributed by atoms with Gasteiger partial charge >= 0.3 is 12.0 Å². The summed E-state index contributed by atoms with van der Waals surface area (Å²) in [6.07, 6.45) is 0.0489. The largest absolute Gasteiger partial charge is 0.481 e. The van der Waals surface area contributed by atoms with Crippen LogP contribution in [-0.2, 0) is 17.6 Å². The van der Waals surface area contributed by atoms with Crippen molar-refractivity contribution < 1.29 is 19.8 Å². The smallest absolute Gasteiger partial charge is 0.317 e. The highest BCUT2D eigenvalue weighted by Gasteiger charge is 2.49. The lowest BCUT2D eigenvalue weighted by molar-refractivity contribution is -0.161. The van der Waals surface area contributed by atoms with Gasteiger partial charge in [0.1, 0.15) is 5.41 Å². The Morgan fingerprint density at radius 2 is 1.64 bits per heavy atom. The first kappa shape index (κ1) is 19.9. The molecule has 0 bridgehead atoms. The van der Waals surface area contributed by atoms with Gasteiger partial charge in [0.25, 0.3) is 0 Å². The van der Waals surface area contributed by atoms with Crippen LogP contribution in [0.4, 0.5) is 4.79 Å². The van der Waals surface area contributed by atoms with Crippen LogP contribution in [0.15, 0.2) is 60.7 Å². The van der Waals surface area contributed by atoms with Crippen LogP contribution >= 0.6 is 0 Å². The first-order valence-electron chi connectivity index (χ1n) is 9.53. The highest BCUT2D eigenvalue weighted by atomic mass is 16.4. The van der Waals surface area contributed by atoms with Gasteiger partial charge < -0.3 is 20.4 Å². The summed E-state index contributed by atoms with van der Waals surface area (Å²) in [6, 6.07) is 18.9. The van der Waals surface area contributed by atoms with Crippen molar-refractivity contribution in [2.45, 2.75) is 25.4 Å². The number of carboxylic acids is 1. The maximum Gasteiger partial charge on any atom is 0.317 e. The predicted molar refractivity (Wildman–Crippen MR) is 106 cm³/mol. The number of hydrogen-bond donors (Lipinski definition) is 3. The van der Waals surface area contributed by atoms with Gasteiger partial charge in [-0.25, -0.2) is 4.79 Å². The van der Waals surface area contributed by atoms with Gasteiger partial charge in [0, 0.05) is 19.6 Å². The van der Waals surface area contributed by atoms with Gasteiger partial charge in [-0.3, -0.25) is 4.79 Å². The van der Waals surface area contributed by atoms with Gasteiger partial charge in [-0.2, -0.15) is 0 Å². The van der Waals surface area contributed by atoms with Crippen LogP contribution in [0.3, 0.4) is 0 Å². The van der Waals surface area contributed by atoms with Crippen LogP contribution < -0.4 is 5.32 Å². The topological polar surface area (TPSA) is 89.9 Å². The molecular weight excluding hydrogens is 356 g/mol. The summed E-state index contributed by atoms with van der Waals surface area (Å²) in [5, 5.41) is 23.4. The van der Waals surface area contributed by atoms with E-state index in [0.29, 0.717) is 13.1 Å². The molecule has 2 aromatic carbocycles. The van der Waals surface area contributed by atoms with E-state index in [1.165, 1.54) is 4.90 Å². The Hall–Kier alpha value is -2.86. The number of rotatable bonds is 6. The van der Waals surface area contributed by atoms with Gasteiger partial charge in [-0.15, -0.1) is 0 Å². The molecule has 0 unspecified atom stereocenters. The number of aliphatic carboxylic acids is 1. The highest BCUT2D eigenvalue weighted by Crippen LogP contribution is 2.36. The average molecular weight is 382 g/mol. The maximum absolute atomic E-state index is 12.4. The van der Waals surface area contributed by atoms with E-state index in [1.807, 2.05) is 60.7 Å². The van der Waals surface area contributed by atoms with E-state index in [1.54, 1.807) is 0 Å². The normalized spacial score (nSPS) is 21.9. The summed E-state index contributed by atoms with van der Waals surface area (Å²) in [4.78, 5) is 25.9. The number of carboxylic acid groups (broad SMARTS) is 1. The number of nitrogens with zero attached hydrogens (tertiary/aromatic N) is 1. The second-order valence-corrected chi connectivity index (χ2v) is 7.30. The first-order valence-corrected chi connectivity index (χ1v) is 9.53. The van der Waals surface area contributed by atoms with E-state index >= 15 is 0 Å². The molecule has 0 radical (unpaired) electrons. The number of piperidine rings is 1. The number of benzene rings is 2. The van der Waals surface area contributed by atoms with Gasteiger partial charge in [0.15, 0.2) is 0 Å². The number of amides is 2. The lowest BCUT2D eigenvalue weighted by atomic mass is 9.72. The molecule has 1 saturated heterocycles. The molecule has 28 heavy (non-hydrogen) atoms. The zero-order valence-corrected chi connectivity index (χ0v) is 15.8. The van der Waals surface area contributed by atoms with Gasteiger partial charge in [-0.05, 0) is 30.4 Å². The van der Waals surface area contributed by atoms with Crippen LogP contribution in [0.25, 0.3) is 0 Å². The third-order valence-electron chi connectivity index (χ3n) is 5.47. The Labute approximate surface area is 164 Å². The van der Waals surface area contributed by atoms with E-state index in [4.69, 9.17) is 0 Å². The van der Waals surface area contributed by atoms with Crippen molar-refractivity contribution in [3.8, 4) is 0 Å². The maximum atomic E-state index is 12.4. The standard InChI is InChI=1S/C22H26N2O4/c25-19-16-24(21(28)23-13-11-17-7-3-1-4-8-17)14-12-22(19,20(26)27)15-18-9-5-2-6-10-18/h1-10,19,25H,11-16H2,(H,23,28)(H,26,27)/t19-,22-/m1/s1. The summed E-state index contributed by atoms with van der Waals surface area (Å²) in [5.74, 6) is -1.02. The first-order chi connectivity index (χ1) is 13.5. The third-order valence-corrected chi connectivity index (χ3v) is 5.47. The zero-order chi connectivity index (χ0) is 20.0. The summed E-state index contributed by atoms with van der Waals surface area (Å²) in [5.41, 5.74) is 0.723. The molecule has 0 aromatic heterocycles. The number of urea groups is 1. The van der Waals surface area contributed by atoms with Gasteiger partial charge in [0.2, 0.25) is 0 Å². The quantitative estimate of drug-likeness (QED) is 0.715. The molecule has 0 saturated carbocycles. The second kappa shape index (κ2) is 8.89. The summed E-state index contributed by atoms with van der Waals surface area (Å²) in [7, 11) is 0. The SMILES string of the molecule is O=C(NCCc1ccccc1)N1CC[C@](Cc2ccccc2)(C(=O)O)[C@H](O)C1. The number of carbonyl (C=O) groups excluding carboxylic acids is 1. The molecule has 1 heterocycles. The van der Waals surface area contributed by atoms with E-state index in [-0.39, 0.29) is 25.4 Å². The summed E-state index contributed by atoms with van der Waals surface area (Å²) < 4.78 is 0. The van der Waals surface area contributed by atoms with Crippen molar-refractivity contribution in [2.75, 3.05) is 19.6 Å². The average Bonchev–Trinajstić information content (AvgIpc) is 2.71. The Bertz CT molecular complexity index is 797. The zero-order valence-electron chi connectivity index (χ0n) is 15.8. The lowest BCUT2D eigenvalue weighted by Gasteiger charge is -2.42. The number of aliphatic hydroxyl groups is 1. The molecule has 2 aromatic rings. The van der Waals surface area contributed by atoms with Crippen LogP contribution in [0.1, 0.15) is 17.5 Å². The van der Waals surface area contributed by atoms with Crippen molar-refractivity contribution in [1.29, 1.82) is 0 Å². The predicted octanol–water partition coefficient (Wildman–Crippen LogP) is 2.32. The van der Waals surface area contributed by atoms with E-state index < -0.39 is 17.5 Å². The Morgan fingerprint density at radius 1 is 1.04 bits per heavy atom. The molecule has 0 aliphatic carbocycles. The molecule has 148 valence electrons. The lowest BCUT2D eigenvalue weighted by Crippen LogP contribution is -2.58. The molecule has 2 atom stereocenters. The van der Waals surface area contributed by atoms with Crippen molar-refractivity contribution in [3.05, 3.63) is 71.8 Å².